The Morgan fingerprint density at radius 3 is 1.40 bits per heavy atom. The van der Waals surface area contributed by atoms with Crippen LogP contribution in [0.25, 0.3) is 65.9 Å². The Hall–Kier alpha value is -9.24. The smallest absolute Gasteiger partial charge is 0.259 e. The number of nitrogens with one attached hydrogen (secondary N) is 4. The lowest BCUT2D eigenvalue weighted by Gasteiger charge is -2.11. The van der Waals surface area contributed by atoms with E-state index in [-0.39, 0.29) is 17.7 Å². The molecule has 6 aromatic carbocycles. The van der Waals surface area contributed by atoms with Crippen LogP contribution in [0.1, 0.15) is 46.2 Å². The van der Waals surface area contributed by atoms with Gasteiger partial charge in [-0.15, -0.1) is 0 Å². The van der Waals surface area contributed by atoms with E-state index in [4.69, 9.17) is 9.47 Å². The van der Waals surface area contributed by atoms with E-state index in [1.54, 1.807) is 6.20 Å². The van der Waals surface area contributed by atoms with E-state index in [9.17, 15) is 19.2 Å². The first kappa shape index (κ1) is 50.9. The molecule has 0 spiro atoms. The van der Waals surface area contributed by atoms with E-state index in [1.807, 2.05) is 158 Å². The van der Waals surface area contributed by atoms with Crippen molar-refractivity contribution in [1.82, 2.24) is 39.5 Å². The van der Waals surface area contributed by atoms with Crippen molar-refractivity contribution in [3.8, 4) is 11.5 Å². The molecule has 0 radical (unpaired) electrons. The number of fused-ring (bicyclic) bond motifs is 4. The standard InChI is InChI=1S/2C32H30N4O3/c1-35(2)15-8-16-36-19-26(23-11-6-7-12-28(23)36)30-29(31(37)34-32(30)38)25-18-33-27-14-13-22(17-24(25)27)39-20-21-9-4-3-5-10-21;1-35(2)15-8-16-36-19-26(24-17-22(13-14-28(24)36)39-20-21-9-4-3-5-10-21)30-29(31(37)34-32(30)38)25-18-33-27-12-7-6-11-23(25)27/h2*3-7,9-14,17-19,33H,8,15-16,20H2,1-2H3,(H,34,37,38). The van der Waals surface area contributed by atoms with Gasteiger partial charge in [-0.3, -0.25) is 29.8 Å². The van der Waals surface area contributed by atoms with Gasteiger partial charge in [-0.2, -0.15) is 0 Å². The molecule has 4 amide bonds. The highest BCUT2D eigenvalue weighted by Gasteiger charge is 2.37. The maximum Gasteiger partial charge on any atom is 0.259 e. The van der Waals surface area contributed by atoms with Gasteiger partial charge >= 0.3 is 0 Å². The molecule has 78 heavy (non-hydrogen) atoms. The maximum absolute atomic E-state index is 13.3. The Labute approximate surface area is 451 Å². The number of aryl methyl sites for hydroxylation is 2. The van der Waals surface area contributed by atoms with Gasteiger partial charge in [-0.1, -0.05) is 97.1 Å². The van der Waals surface area contributed by atoms with Crippen LogP contribution >= 0.6 is 0 Å². The molecule has 4 aromatic heterocycles. The van der Waals surface area contributed by atoms with Crippen LogP contribution in [-0.4, -0.2) is 93.8 Å². The van der Waals surface area contributed by atoms with E-state index in [2.05, 4.69) is 73.8 Å². The Kier molecular flexibility index (Phi) is 14.5. The molecule has 0 aliphatic carbocycles. The van der Waals surface area contributed by atoms with Gasteiger partial charge in [0.05, 0.1) is 22.3 Å². The number of amides is 4. The summed E-state index contributed by atoms with van der Waals surface area (Å²) in [7, 11) is 8.23. The highest BCUT2D eigenvalue weighted by atomic mass is 16.5. The highest BCUT2D eigenvalue weighted by molar-refractivity contribution is 6.51. The lowest BCUT2D eigenvalue weighted by atomic mass is 9.95. The van der Waals surface area contributed by atoms with E-state index < -0.39 is 5.91 Å². The van der Waals surface area contributed by atoms with Crippen LogP contribution < -0.4 is 20.1 Å². The van der Waals surface area contributed by atoms with E-state index >= 15 is 0 Å². The number of aromatic nitrogens is 4. The van der Waals surface area contributed by atoms with Crippen LogP contribution in [0.3, 0.4) is 0 Å². The summed E-state index contributed by atoms with van der Waals surface area (Å²) in [6, 6.07) is 47.6. The first-order chi connectivity index (χ1) is 38.0. The van der Waals surface area contributed by atoms with Crippen molar-refractivity contribution in [3.05, 3.63) is 204 Å². The molecule has 0 atom stereocenters. The second kappa shape index (κ2) is 22.2. The second-order valence-electron chi connectivity index (χ2n) is 20.3. The lowest BCUT2D eigenvalue weighted by Crippen LogP contribution is -2.22. The number of rotatable bonds is 18. The summed E-state index contributed by atoms with van der Waals surface area (Å²) >= 11 is 0. The average molecular weight is 1040 g/mol. The first-order valence-corrected chi connectivity index (χ1v) is 26.2. The predicted molar refractivity (Wildman–Crippen MR) is 308 cm³/mol. The number of aromatic amines is 2. The second-order valence-corrected chi connectivity index (χ2v) is 20.3. The molecule has 0 fully saturated rings. The zero-order chi connectivity index (χ0) is 53.9. The Balaban J connectivity index is 0.000000165. The summed E-state index contributed by atoms with van der Waals surface area (Å²) in [5, 5.41) is 8.65. The van der Waals surface area contributed by atoms with Crippen LogP contribution in [-0.2, 0) is 45.5 Å². The van der Waals surface area contributed by atoms with Crippen molar-refractivity contribution in [2.24, 2.45) is 0 Å². The highest BCUT2D eigenvalue weighted by Crippen LogP contribution is 2.41. The number of nitrogens with zero attached hydrogens (tertiary/aromatic N) is 4. The van der Waals surface area contributed by atoms with Crippen molar-refractivity contribution < 1.29 is 28.7 Å². The number of carbonyl (C=O) groups excluding carboxylic acids is 4. The number of imide groups is 2. The molecule has 0 saturated carbocycles. The molecule has 14 heteroatoms. The summed E-state index contributed by atoms with van der Waals surface area (Å²) in [5.41, 5.74) is 10.4. The molecular weight excluding hydrogens is 977 g/mol. The topological polar surface area (TPSA) is 159 Å². The van der Waals surface area contributed by atoms with Gasteiger partial charge in [0.25, 0.3) is 23.6 Å². The largest absolute Gasteiger partial charge is 0.489 e. The summed E-state index contributed by atoms with van der Waals surface area (Å²) in [5.74, 6) is -0.143. The van der Waals surface area contributed by atoms with Crippen LogP contribution in [0.15, 0.2) is 170 Å². The van der Waals surface area contributed by atoms with Gasteiger partial charge in [-0.25, -0.2) is 0 Å². The van der Waals surface area contributed by atoms with Crippen LogP contribution in [0.2, 0.25) is 0 Å². The van der Waals surface area contributed by atoms with Gasteiger partial charge in [-0.05, 0) is 114 Å². The summed E-state index contributed by atoms with van der Waals surface area (Å²) in [6.07, 6.45) is 9.54. The molecule has 0 bridgehead atoms. The Morgan fingerprint density at radius 1 is 0.423 bits per heavy atom. The molecule has 6 heterocycles. The van der Waals surface area contributed by atoms with Crippen molar-refractivity contribution in [1.29, 1.82) is 0 Å². The molecule has 0 saturated heterocycles. The Bertz CT molecular complexity index is 3970. The summed E-state index contributed by atoms with van der Waals surface area (Å²) in [4.78, 5) is 63.9. The minimum Gasteiger partial charge on any atom is -0.489 e. The fraction of sp³-hybridized carbons (Fsp3) is 0.188. The fourth-order valence-corrected chi connectivity index (χ4v) is 10.6. The molecule has 10 aromatic rings. The normalized spacial score (nSPS) is 13.7. The van der Waals surface area contributed by atoms with Crippen molar-refractivity contribution in [2.75, 3.05) is 41.3 Å². The number of hydrogen-bond donors (Lipinski definition) is 4. The number of H-pyrrole nitrogens is 2. The molecule has 2 aliphatic rings. The maximum atomic E-state index is 13.3. The van der Waals surface area contributed by atoms with Crippen molar-refractivity contribution in [2.45, 2.75) is 39.1 Å². The number of carbonyl (C=O) groups is 4. The lowest BCUT2D eigenvalue weighted by molar-refractivity contribution is -0.124. The first-order valence-electron chi connectivity index (χ1n) is 26.2. The molecule has 2 aliphatic heterocycles. The van der Waals surface area contributed by atoms with Crippen LogP contribution in [0.5, 0.6) is 11.5 Å². The quantitative estimate of drug-likeness (QED) is 0.0619. The van der Waals surface area contributed by atoms with E-state index in [0.29, 0.717) is 58.1 Å². The molecule has 392 valence electrons. The van der Waals surface area contributed by atoms with Crippen molar-refractivity contribution in [3.63, 3.8) is 0 Å². The summed E-state index contributed by atoms with van der Waals surface area (Å²) < 4.78 is 16.5. The van der Waals surface area contributed by atoms with Gasteiger partial charge < -0.3 is 38.4 Å². The third-order valence-corrected chi connectivity index (χ3v) is 14.3. The van der Waals surface area contributed by atoms with Crippen LogP contribution in [0.4, 0.5) is 0 Å². The minimum absolute atomic E-state index is 0.377. The number of benzene rings is 6. The predicted octanol–water partition coefficient (Wildman–Crippen LogP) is 10.4. The van der Waals surface area contributed by atoms with E-state index in [0.717, 1.165) is 105 Å². The number of hydrogen-bond acceptors (Lipinski definition) is 8. The molecule has 4 N–H and O–H groups in total. The number of ether oxygens (including phenoxy) is 2. The molecular formula is C64H60N8O6. The number of para-hydroxylation sites is 2. The zero-order valence-corrected chi connectivity index (χ0v) is 44.1. The monoisotopic (exact) mass is 1040 g/mol. The minimum atomic E-state index is -0.393. The average Bonchev–Trinajstić information content (AvgIpc) is 4.51. The zero-order valence-electron chi connectivity index (χ0n) is 44.1. The third kappa shape index (κ3) is 10.4. The van der Waals surface area contributed by atoms with Crippen LogP contribution in [0, 0.1) is 0 Å². The third-order valence-electron chi connectivity index (χ3n) is 14.3. The molecule has 0 unspecified atom stereocenters. The van der Waals surface area contributed by atoms with Gasteiger partial charge in [0, 0.05) is 104 Å². The Morgan fingerprint density at radius 2 is 0.846 bits per heavy atom. The molecule has 12 rings (SSSR count). The van der Waals surface area contributed by atoms with Gasteiger partial charge in [0.15, 0.2) is 0 Å². The molecule has 14 nitrogen and oxygen atoms in total. The fourth-order valence-electron chi connectivity index (χ4n) is 10.6. The van der Waals surface area contributed by atoms with Crippen molar-refractivity contribution >= 4 is 89.5 Å². The SMILES string of the molecule is CN(C)CCCn1cc(C2=C(c3c[nH]c4ccc(OCc5ccccc5)cc34)C(=O)NC2=O)c2ccccc21.CN(C)CCCn1cc(C2=C(c3c[nH]c4ccccc34)C(=O)NC2=O)c2cc(OCc3ccccc3)ccc21. The van der Waals surface area contributed by atoms with E-state index in [1.165, 1.54) is 0 Å². The summed E-state index contributed by atoms with van der Waals surface area (Å²) in [6.45, 7) is 4.37. The van der Waals surface area contributed by atoms with Gasteiger partial charge in [0.1, 0.15) is 24.7 Å². The van der Waals surface area contributed by atoms with Gasteiger partial charge in [0.2, 0.25) is 0 Å².